The van der Waals surface area contributed by atoms with E-state index in [1.165, 1.54) is 4.90 Å². The molecule has 1 aliphatic carbocycles. The summed E-state index contributed by atoms with van der Waals surface area (Å²) in [6.07, 6.45) is 4.38. The van der Waals surface area contributed by atoms with Crippen LogP contribution in [0.3, 0.4) is 0 Å². The predicted octanol–water partition coefficient (Wildman–Crippen LogP) is 1.25. The first-order valence-corrected chi connectivity index (χ1v) is 10.5. The Labute approximate surface area is 182 Å². The number of carbonyl (C=O) groups excluding carboxylic acids is 4. The first-order chi connectivity index (χ1) is 14.2. The van der Waals surface area contributed by atoms with Crippen LogP contribution in [0, 0.1) is 5.92 Å². The number of aromatic nitrogens is 1. The average Bonchev–Trinajstić information content (AvgIpc) is 2.90. The van der Waals surface area contributed by atoms with Crippen LogP contribution in [0.2, 0.25) is 0 Å². The number of imide groups is 1. The molecule has 3 rings (SSSR count). The summed E-state index contributed by atoms with van der Waals surface area (Å²) in [5.41, 5.74) is 1.45. The number of hydrazine groups is 1. The minimum Gasteiger partial charge on any atom is -0.322 e. The molecular formula is C19H25BrN6O4. The van der Waals surface area contributed by atoms with Gasteiger partial charge in [-0.1, -0.05) is 6.92 Å². The Hall–Kier alpha value is -2.53. The lowest BCUT2D eigenvalue weighted by atomic mass is 9.77. The van der Waals surface area contributed by atoms with Crippen molar-refractivity contribution in [2.24, 2.45) is 5.92 Å². The Bertz CT molecular complexity index is 838. The fourth-order valence-electron chi connectivity index (χ4n) is 3.65. The number of amides is 5. The lowest BCUT2D eigenvalue weighted by Crippen LogP contribution is -2.52. The topological polar surface area (TPSA) is 124 Å². The maximum Gasteiger partial charge on any atom is 0.344 e. The quantitative estimate of drug-likeness (QED) is 0.526. The van der Waals surface area contributed by atoms with Gasteiger partial charge in [0.05, 0.1) is 13.1 Å². The van der Waals surface area contributed by atoms with Gasteiger partial charge in [0.15, 0.2) is 0 Å². The van der Waals surface area contributed by atoms with Crippen LogP contribution in [-0.2, 0) is 14.4 Å². The van der Waals surface area contributed by atoms with Crippen LogP contribution in [0.25, 0.3) is 0 Å². The van der Waals surface area contributed by atoms with Gasteiger partial charge in [0.25, 0.3) is 11.8 Å². The normalized spacial score (nSPS) is 23.6. The number of halogens is 1. The summed E-state index contributed by atoms with van der Waals surface area (Å²) in [5, 5.41) is 6.14. The Morgan fingerprint density at radius 1 is 1.27 bits per heavy atom. The largest absolute Gasteiger partial charge is 0.344 e. The number of pyridine rings is 1. The van der Waals surface area contributed by atoms with Gasteiger partial charge in [-0.25, -0.2) is 9.78 Å². The molecule has 0 aromatic carbocycles. The Balaban J connectivity index is 1.48. The van der Waals surface area contributed by atoms with E-state index in [1.54, 1.807) is 25.4 Å². The summed E-state index contributed by atoms with van der Waals surface area (Å²) in [6, 6.07) is 2.77. The molecule has 3 N–H and O–H groups in total. The summed E-state index contributed by atoms with van der Waals surface area (Å²) >= 11 is 3.27. The van der Waals surface area contributed by atoms with Crippen LogP contribution >= 0.6 is 15.9 Å². The molecule has 2 aliphatic rings. The van der Waals surface area contributed by atoms with Crippen LogP contribution < -0.4 is 16.1 Å². The fraction of sp³-hybridized carbons (Fsp3) is 0.526. The molecule has 1 aliphatic heterocycles. The van der Waals surface area contributed by atoms with E-state index < -0.39 is 23.4 Å². The van der Waals surface area contributed by atoms with Gasteiger partial charge in [0, 0.05) is 10.7 Å². The van der Waals surface area contributed by atoms with Crippen molar-refractivity contribution in [1.82, 2.24) is 25.6 Å². The molecule has 0 bridgehead atoms. The third kappa shape index (κ3) is 5.14. The van der Waals surface area contributed by atoms with Gasteiger partial charge in [-0.2, -0.15) is 5.01 Å². The zero-order valence-corrected chi connectivity index (χ0v) is 18.5. The van der Waals surface area contributed by atoms with E-state index in [0.29, 0.717) is 24.6 Å². The third-order valence-electron chi connectivity index (χ3n) is 5.35. The van der Waals surface area contributed by atoms with Crippen molar-refractivity contribution in [3.05, 3.63) is 22.8 Å². The lowest BCUT2D eigenvalue weighted by Gasteiger charge is -2.33. The SMILES string of the molecule is CC1CCC2(CC1)NC(=O)N(NC(=O)CN(C)CC(=O)Nc1ccc(Br)cn1)C2=O. The Kier molecular flexibility index (Phi) is 6.71. The second-order valence-corrected chi connectivity index (χ2v) is 8.87. The number of anilines is 1. The number of carbonyl (C=O) groups is 4. The number of hydrogen-bond acceptors (Lipinski definition) is 6. The van der Waals surface area contributed by atoms with Crippen molar-refractivity contribution in [1.29, 1.82) is 0 Å². The zero-order chi connectivity index (χ0) is 21.9. The standard InChI is InChI=1S/C19H25BrN6O4/c1-12-5-7-19(8-6-12)17(29)26(18(30)23-19)24-16(28)11-25(2)10-15(27)22-14-4-3-13(20)9-21-14/h3-4,9,12H,5-8,10-11H2,1-2H3,(H,23,30)(H,24,28)(H,21,22,27). The molecule has 11 heteroatoms. The van der Waals surface area contributed by atoms with Gasteiger partial charge >= 0.3 is 6.03 Å². The van der Waals surface area contributed by atoms with Crippen LogP contribution in [0.15, 0.2) is 22.8 Å². The van der Waals surface area contributed by atoms with Crippen molar-refractivity contribution in [3.8, 4) is 0 Å². The zero-order valence-electron chi connectivity index (χ0n) is 16.9. The Morgan fingerprint density at radius 3 is 2.57 bits per heavy atom. The molecule has 1 spiro atoms. The van der Waals surface area contributed by atoms with Crippen LogP contribution in [0.1, 0.15) is 32.6 Å². The first kappa shape index (κ1) is 22.2. The summed E-state index contributed by atoms with van der Waals surface area (Å²) in [6.45, 7) is 1.89. The molecule has 1 saturated heterocycles. The minimum atomic E-state index is -0.916. The molecule has 0 atom stereocenters. The van der Waals surface area contributed by atoms with Crippen molar-refractivity contribution in [3.63, 3.8) is 0 Å². The maximum absolute atomic E-state index is 12.8. The molecule has 10 nitrogen and oxygen atoms in total. The van der Waals surface area contributed by atoms with Gasteiger partial charge < -0.3 is 10.6 Å². The van der Waals surface area contributed by atoms with Gasteiger partial charge in [-0.05, 0) is 66.7 Å². The van der Waals surface area contributed by atoms with E-state index in [-0.39, 0.29) is 19.0 Å². The van der Waals surface area contributed by atoms with Crippen molar-refractivity contribution < 1.29 is 19.2 Å². The highest BCUT2D eigenvalue weighted by Gasteiger charge is 2.52. The lowest BCUT2D eigenvalue weighted by molar-refractivity contribution is -0.140. The monoisotopic (exact) mass is 480 g/mol. The van der Waals surface area contributed by atoms with Gasteiger partial charge in [-0.3, -0.25) is 24.7 Å². The second-order valence-electron chi connectivity index (χ2n) is 7.95. The molecule has 0 radical (unpaired) electrons. The molecule has 2 fully saturated rings. The highest BCUT2D eigenvalue weighted by Crippen LogP contribution is 2.35. The van der Waals surface area contributed by atoms with Crippen molar-refractivity contribution in [2.75, 3.05) is 25.5 Å². The van der Waals surface area contributed by atoms with Crippen molar-refractivity contribution >= 4 is 45.5 Å². The van der Waals surface area contributed by atoms with E-state index in [1.807, 2.05) is 0 Å². The minimum absolute atomic E-state index is 0.0624. The molecule has 1 aromatic heterocycles. The molecule has 162 valence electrons. The van der Waals surface area contributed by atoms with Crippen LogP contribution in [0.4, 0.5) is 10.6 Å². The number of urea groups is 1. The van der Waals surface area contributed by atoms with Crippen molar-refractivity contribution in [2.45, 2.75) is 38.1 Å². The summed E-state index contributed by atoms with van der Waals surface area (Å²) in [4.78, 5) is 55.0. The molecule has 5 amide bonds. The summed E-state index contributed by atoms with van der Waals surface area (Å²) in [5.74, 6) is -0.416. The highest BCUT2D eigenvalue weighted by atomic mass is 79.9. The van der Waals surface area contributed by atoms with E-state index in [0.717, 1.165) is 22.3 Å². The highest BCUT2D eigenvalue weighted by molar-refractivity contribution is 9.10. The number of nitrogens with zero attached hydrogens (tertiary/aromatic N) is 3. The first-order valence-electron chi connectivity index (χ1n) is 9.75. The average molecular weight is 481 g/mol. The summed E-state index contributed by atoms with van der Waals surface area (Å²) in [7, 11) is 1.59. The van der Waals surface area contributed by atoms with Gasteiger partial charge in [0.1, 0.15) is 11.4 Å². The second kappa shape index (κ2) is 9.09. The molecule has 30 heavy (non-hydrogen) atoms. The van der Waals surface area contributed by atoms with Crippen LogP contribution in [0.5, 0.6) is 0 Å². The van der Waals surface area contributed by atoms with Gasteiger partial charge in [-0.15, -0.1) is 0 Å². The smallest absolute Gasteiger partial charge is 0.322 e. The number of rotatable bonds is 6. The van der Waals surface area contributed by atoms with E-state index >= 15 is 0 Å². The Morgan fingerprint density at radius 2 is 1.93 bits per heavy atom. The molecule has 1 saturated carbocycles. The van der Waals surface area contributed by atoms with E-state index in [4.69, 9.17) is 0 Å². The predicted molar refractivity (Wildman–Crippen MR) is 112 cm³/mol. The molecule has 1 aromatic rings. The van der Waals surface area contributed by atoms with E-state index in [2.05, 4.69) is 43.9 Å². The number of nitrogens with one attached hydrogen (secondary N) is 3. The molecular weight excluding hydrogens is 456 g/mol. The van der Waals surface area contributed by atoms with Gasteiger partial charge in [0.2, 0.25) is 5.91 Å². The fourth-order valence-corrected chi connectivity index (χ4v) is 3.89. The van der Waals surface area contributed by atoms with Crippen LogP contribution in [-0.4, -0.2) is 64.3 Å². The summed E-state index contributed by atoms with van der Waals surface area (Å²) < 4.78 is 0.791. The number of likely N-dealkylation sites (N-methyl/N-ethyl adjacent to an activating group) is 1. The van der Waals surface area contributed by atoms with E-state index in [9.17, 15) is 19.2 Å². The maximum atomic E-state index is 12.8. The number of hydrogen-bond donors (Lipinski definition) is 3. The third-order valence-corrected chi connectivity index (χ3v) is 5.82. The molecule has 2 heterocycles. The molecule has 0 unspecified atom stereocenters.